The zero-order valence-electron chi connectivity index (χ0n) is 44.1. The highest BCUT2D eigenvalue weighted by Gasteiger charge is 2.31. The molecule has 388 valence electrons. The van der Waals surface area contributed by atoms with Gasteiger partial charge < -0.3 is 9.13 Å². The zero-order chi connectivity index (χ0) is 57.1. The zero-order valence-corrected chi connectivity index (χ0v) is 44.1. The Morgan fingerprint density at radius 3 is 1.23 bits per heavy atom. The summed E-state index contributed by atoms with van der Waals surface area (Å²) in [6, 6.07) is 74.4. The van der Waals surface area contributed by atoms with Crippen molar-refractivity contribution in [1.82, 2.24) is 9.13 Å². The van der Waals surface area contributed by atoms with E-state index in [-0.39, 0.29) is 0 Å². The molecular weight excluding hydrogens is 1030 g/mol. The van der Waals surface area contributed by atoms with E-state index in [9.17, 15) is 23.7 Å². The minimum atomic E-state index is -4.55. The molecule has 0 atom stereocenters. The molecule has 11 aromatic carbocycles. The smallest absolute Gasteiger partial charge is 0.309 e. The molecule has 0 amide bonds. The number of aromatic nitrogens is 2. The maximum atomic E-state index is 14.2. The van der Waals surface area contributed by atoms with E-state index >= 15 is 0 Å². The van der Waals surface area contributed by atoms with Gasteiger partial charge in [0, 0.05) is 27.1 Å². The number of nitrogens with zero attached hydrogens (tertiary/aromatic N) is 7. The molecule has 0 bridgehead atoms. The van der Waals surface area contributed by atoms with Gasteiger partial charge in [-0.1, -0.05) is 133 Å². The lowest BCUT2D eigenvalue weighted by Crippen LogP contribution is -2.05. The Bertz CT molecular complexity index is 4890. The Kier molecular flexibility index (Phi) is 12.3. The van der Waals surface area contributed by atoms with Crippen LogP contribution < -0.4 is 0 Å². The number of fused-ring (bicyclic) bond motifs is 6. The normalized spacial score (nSPS) is 11.3. The summed E-state index contributed by atoms with van der Waals surface area (Å²) in [7, 11) is 0. The number of benzene rings is 11. The summed E-state index contributed by atoms with van der Waals surface area (Å²) in [5, 5.41) is 24.0. The quantitative estimate of drug-likeness (QED) is 0.142. The van der Waals surface area contributed by atoms with E-state index < -0.39 is 11.7 Å². The monoisotopic (exact) mass is 1070 g/mol. The van der Waals surface area contributed by atoms with Crippen LogP contribution in [0.5, 0.6) is 0 Å². The molecule has 13 aromatic rings. The number of rotatable bonds is 8. The average Bonchev–Trinajstić information content (AvgIpc) is 2.12. The summed E-state index contributed by atoms with van der Waals surface area (Å²) in [5.41, 5.74) is 15.7. The molecule has 0 spiro atoms. The van der Waals surface area contributed by atoms with Crippen molar-refractivity contribution in [2.75, 3.05) is 0 Å². The second kappa shape index (κ2) is 20.2. The van der Waals surface area contributed by atoms with Gasteiger partial charge in [0.15, 0.2) is 17.1 Å². The topological polar surface area (TPSA) is 70.5 Å². The third kappa shape index (κ3) is 8.59. The number of aryl methyl sites for hydroxylation is 1. The van der Waals surface area contributed by atoms with E-state index in [0.717, 1.165) is 99.9 Å². The summed E-state index contributed by atoms with van der Waals surface area (Å²) >= 11 is 0. The molecule has 10 heteroatoms. The number of halogens is 3. The molecule has 0 fully saturated rings. The predicted octanol–water partition coefficient (Wildman–Crippen LogP) is 20.6. The van der Waals surface area contributed by atoms with Crippen LogP contribution in [0.15, 0.2) is 224 Å². The molecule has 0 saturated carbocycles. The van der Waals surface area contributed by atoms with Gasteiger partial charge in [0.2, 0.25) is 0 Å². The van der Waals surface area contributed by atoms with Crippen LogP contribution in [0.4, 0.5) is 30.2 Å². The summed E-state index contributed by atoms with van der Waals surface area (Å²) in [6.07, 6.45) is -4.55. The highest BCUT2D eigenvalue weighted by atomic mass is 19.4. The van der Waals surface area contributed by atoms with Crippen molar-refractivity contribution in [2.45, 2.75) is 13.1 Å². The van der Waals surface area contributed by atoms with E-state index in [4.69, 9.17) is 19.7 Å². The van der Waals surface area contributed by atoms with Crippen molar-refractivity contribution >= 4 is 60.7 Å². The molecule has 83 heavy (non-hydrogen) atoms. The van der Waals surface area contributed by atoms with Crippen LogP contribution in [-0.4, -0.2) is 9.13 Å². The van der Waals surface area contributed by atoms with E-state index in [0.29, 0.717) is 61.7 Å². The molecule has 2 aromatic heterocycles. The molecule has 0 aliphatic heterocycles. The van der Waals surface area contributed by atoms with Crippen molar-refractivity contribution in [2.24, 2.45) is 0 Å². The molecule has 0 aliphatic carbocycles. The van der Waals surface area contributed by atoms with E-state index in [1.54, 1.807) is 37.3 Å². The SMILES string of the molecule is [C-]#[N+]c1ccc(-n2c3ccc(-c4ccccc4C#N)cc3c3cc(-c4ccccc4[N+]#[C-])ccc32)c(-c2ccc(-c3ccc(C(F)(F)F)cc3C)cc2-n2c3ccc(-c4ccccc4C#N)cc3c3cc(-c4ccccc4[N+]#[C-])ccc32)c1. The average molecular weight is 1070 g/mol. The van der Waals surface area contributed by atoms with Crippen LogP contribution >= 0.6 is 0 Å². The fourth-order valence-corrected chi connectivity index (χ4v) is 11.8. The van der Waals surface area contributed by atoms with Crippen LogP contribution in [0, 0.1) is 49.3 Å². The van der Waals surface area contributed by atoms with E-state index in [2.05, 4.69) is 66.1 Å². The predicted molar refractivity (Wildman–Crippen MR) is 326 cm³/mol. The summed E-state index contributed by atoms with van der Waals surface area (Å²) in [5.74, 6) is 0. The molecule has 0 aliphatic rings. The molecule has 0 radical (unpaired) electrons. The standard InChI is InChI=1S/C73H40F3N7/c1-44-35-52(73(74,75)76)26-29-54(44)49-21-28-59(72(40-49)83-69-31-23-46(56-16-8-6-14-51(56)43-78)37-61(69)63-39-48(25-33-70(63)83)58-18-10-12-20-66(58)81-4)64-41-53(79-2)27-34-71(64)82-67-30-22-45(55-15-7-5-13-50(55)42-77)36-60(67)62-38-47(24-32-68(62)82)57-17-9-11-19-65(57)80-3/h5-41H,1H3. The number of nitriles is 2. The third-order valence-electron chi connectivity index (χ3n) is 15.7. The van der Waals surface area contributed by atoms with Crippen LogP contribution in [0.3, 0.4) is 0 Å². The minimum absolute atomic E-state index is 0.373. The molecular formula is C73H40F3N7. The van der Waals surface area contributed by atoms with Crippen molar-refractivity contribution in [3.63, 3.8) is 0 Å². The Balaban J connectivity index is 1.13. The lowest BCUT2D eigenvalue weighted by molar-refractivity contribution is -0.137. The van der Waals surface area contributed by atoms with Crippen molar-refractivity contribution in [1.29, 1.82) is 10.5 Å². The second-order valence-electron chi connectivity index (χ2n) is 20.2. The van der Waals surface area contributed by atoms with Gasteiger partial charge in [-0.05, 0) is 165 Å². The van der Waals surface area contributed by atoms with Gasteiger partial charge in [-0.3, -0.25) is 0 Å². The first-order valence-corrected chi connectivity index (χ1v) is 26.4. The number of para-hydroxylation sites is 2. The maximum Gasteiger partial charge on any atom is 0.416 e. The van der Waals surface area contributed by atoms with Crippen LogP contribution in [0.25, 0.3) is 136 Å². The highest BCUT2D eigenvalue weighted by molar-refractivity contribution is 6.14. The van der Waals surface area contributed by atoms with Crippen LogP contribution in [0.2, 0.25) is 0 Å². The number of hydrogen-bond acceptors (Lipinski definition) is 2. The number of hydrogen-bond donors (Lipinski definition) is 0. The molecule has 0 N–H and O–H groups in total. The summed E-state index contributed by atoms with van der Waals surface area (Å²) < 4.78 is 47.1. The van der Waals surface area contributed by atoms with E-state index in [1.807, 2.05) is 146 Å². The molecule has 13 rings (SSSR count). The Morgan fingerprint density at radius 2 is 0.783 bits per heavy atom. The largest absolute Gasteiger partial charge is 0.416 e. The molecule has 0 unspecified atom stereocenters. The van der Waals surface area contributed by atoms with Gasteiger partial charge in [0.25, 0.3) is 0 Å². The lowest BCUT2D eigenvalue weighted by atomic mass is 9.93. The number of alkyl halides is 3. The van der Waals surface area contributed by atoms with Gasteiger partial charge in [-0.25, -0.2) is 14.5 Å². The van der Waals surface area contributed by atoms with Crippen LogP contribution in [-0.2, 0) is 6.18 Å². The third-order valence-corrected chi connectivity index (χ3v) is 15.7. The lowest BCUT2D eigenvalue weighted by Gasteiger charge is -2.21. The van der Waals surface area contributed by atoms with Gasteiger partial charge in [-0.2, -0.15) is 23.7 Å². The van der Waals surface area contributed by atoms with Crippen molar-refractivity contribution < 1.29 is 13.2 Å². The first-order valence-electron chi connectivity index (χ1n) is 26.4. The second-order valence-corrected chi connectivity index (χ2v) is 20.2. The van der Waals surface area contributed by atoms with Gasteiger partial charge in [-0.15, -0.1) is 0 Å². The minimum Gasteiger partial charge on any atom is -0.309 e. The van der Waals surface area contributed by atoms with Crippen molar-refractivity contribution in [3.8, 4) is 90.3 Å². The maximum absolute atomic E-state index is 14.2. The summed E-state index contributed by atoms with van der Waals surface area (Å²) in [6.45, 7) is 26.2. The summed E-state index contributed by atoms with van der Waals surface area (Å²) in [4.78, 5) is 11.7. The van der Waals surface area contributed by atoms with E-state index in [1.165, 1.54) is 12.1 Å². The van der Waals surface area contributed by atoms with Gasteiger partial charge >= 0.3 is 6.18 Å². The first-order chi connectivity index (χ1) is 40.5. The van der Waals surface area contributed by atoms with Crippen molar-refractivity contribution in [3.05, 3.63) is 281 Å². The van der Waals surface area contributed by atoms with Crippen LogP contribution in [0.1, 0.15) is 22.3 Å². The Hall–Kier alpha value is -11.7. The van der Waals surface area contributed by atoms with Gasteiger partial charge in [0.05, 0.1) is 82.0 Å². The molecule has 2 heterocycles. The first kappa shape index (κ1) is 50.7. The fourth-order valence-electron chi connectivity index (χ4n) is 11.8. The Labute approximate surface area is 475 Å². The fraction of sp³-hybridized carbons (Fsp3) is 0.0274. The highest BCUT2D eigenvalue weighted by Crippen LogP contribution is 2.47. The van der Waals surface area contributed by atoms with Gasteiger partial charge in [0.1, 0.15) is 0 Å². The molecule has 7 nitrogen and oxygen atoms in total. The Morgan fingerprint density at radius 1 is 0.373 bits per heavy atom. The molecule has 0 saturated heterocycles.